The Morgan fingerprint density at radius 1 is 1.55 bits per heavy atom. The van der Waals surface area contributed by atoms with Crippen LogP contribution in [0.5, 0.6) is 0 Å². The van der Waals surface area contributed by atoms with Gasteiger partial charge in [0.15, 0.2) is 0 Å². The molecule has 0 heterocycles. The van der Waals surface area contributed by atoms with E-state index in [9.17, 15) is 4.79 Å². The van der Waals surface area contributed by atoms with E-state index in [2.05, 4.69) is 13.8 Å². The Morgan fingerprint density at radius 2 is 1.91 bits per heavy atom. The molecule has 0 rings (SSSR count). The summed E-state index contributed by atoms with van der Waals surface area (Å²) in [5.74, 6) is -1.94. The second-order valence-electron chi connectivity index (χ2n) is 2.19. The Balaban J connectivity index is 0. The first-order chi connectivity index (χ1) is 5.09. The highest BCUT2D eigenvalue weighted by molar-refractivity contribution is 5.72. The van der Waals surface area contributed by atoms with Gasteiger partial charge in [0.2, 0.25) is 0 Å². The Hall–Kier alpha value is -1.04. The fraction of sp³-hybridized carbons (Fsp3) is 0.750. The van der Waals surface area contributed by atoms with Gasteiger partial charge in [0, 0.05) is 0 Å². The van der Waals surface area contributed by atoms with E-state index < -0.39 is 11.9 Å². The quantitative estimate of drug-likeness (QED) is 0.667. The summed E-state index contributed by atoms with van der Waals surface area (Å²) in [4.78, 5) is 9.71. The van der Waals surface area contributed by atoms with E-state index >= 15 is 0 Å². The van der Waals surface area contributed by atoms with Gasteiger partial charge in [-0.1, -0.05) is 26.7 Å². The van der Waals surface area contributed by atoms with Crippen molar-refractivity contribution in [3.05, 3.63) is 0 Å². The van der Waals surface area contributed by atoms with Crippen molar-refractivity contribution in [3.8, 4) is 6.07 Å². The summed E-state index contributed by atoms with van der Waals surface area (Å²) in [7, 11) is 0. The van der Waals surface area contributed by atoms with Gasteiger partial charge in [-0.05, 0) is 6.92 Å². The van der Waals surface area contributed by atoms with Crippen LogP contribution in [0.2, 0.25) is 0 Å². The summed E-state index contributed by atoms with van der Waals surface area (Å²) in [5.41, 5.74) is 0. The minimum Gasteiger partial charge on any atom is -0.480 e. The topological polar surface area (TPSA) is 61.1 Å². The van der Waals surface area contributed by atoms with E-state index in [4.69, 9.17) is 10.4 Å². The molecule has 3 heteroatoms. The van der Waals surface area contributed by atoms with Crippen LogP contribution in [0.3, 0.4) is 0 Å². The Kier molecular flexibility index (Phi) is 10.3. The lowest BCUT2D eigenvalue weighted by Gasteiger charge is -1.86. The highest BCUT2D eigenvalue weighted by Crippen LogP contribution is 1.87. The van der Waals surface area contributed by atoms with Crippen LogP contribution in [0.25, 0.3) is 0 Å². The molecule has 0 amide bonds. The summed E-state index contributed by atoms with van der Waals surface area (Å²) in [6.07, 6.45) is 2.64. The maximum atomic E-state index is 9.71. The van der Waals surface area contributed by atoms with Gasteiger partial charge in [-0.2, -0.15) is 5.26 Å². The first-order valence-corrected chi connectivity index (χ1v) is 3.72. The molecule has 0 aliphatic rings. The second kappa shape index (κ2) is 8.96. The summed E-state index contributed by atoms with van der Waals surface area (Å²) >= 11 is 0. The molecule has 0 saturated heterocycles. The van der Waals surface area contributed by atoms with Crippen molar-refractivity contribution in [3.63, 3.8) is 0 Å². The third-order valence-corrected chi connectivity index (χ3v) is 1.06. The summed E-state index contributed by atoms with van der Waals surface area (Å²) in [6.45, 7) is 5.70. The van der Waals surface area contributed by atoms with Crippen molar-refractivity contribution >= 4 is 5.97 Å². The van der Waals surface area contributed by atoms with Crippen molar-refractivity contribution in [1.29, 1.82) is 5.26 Å². The Morgan fingerprint density at radius 3 is 1.91 bits per heavy atom. The molecular weight excluding hydrogens is 142 g/mol. The minimum atomic E-state index is -1.07. The zero-order chi connectivity index (χ0) is 9.28. The molecule has 0 radical (unpaired) electrons. The van der Waals surface area contributed by atoms with Gasteiger partial charge in [0.1, 0.15) is 5.92 Å². The third kappa shape index (κ3) is 12.2. The van der Waals surface area contributed by atoms with Crippen LogP contribution < -0.4 is 0 Å². The first kappa shape index (κ1) is 12.6. The third-order valence-electron chi connectivity index (χ3n) is 1.06. The standard InChI is InChI=1S/C4H5NO2.C4H10/c1-3(2-5)4(6)7;1-3-4-2/h3H,1H3,(H,6,7);3-4H2,1-2H3. The number of carboxylic acid groups (broad SMARTS) is 1. The van der Waals surface area contributed by atoms with Crippen LogP contribution in [0, 0.1) is 17.2 Å². The molecule has 3 nitrogen and oxygen atoms in total. The van der Waals surface area contributed by atoms with Gasteiger partial charge in [-0.15, -0.1) is 0 Å². The van der Waals surface area contributed by atoms with Gasteiger partial charge in [0.25, 0.3) is 0 Å². The normalized spacial score (nSPS) is 10.4. The molecule has 1 atom stereocenters. The number of rotatable bonds is 2. The summed E-state index contributed by atoms with van der Waals surface area (Å²) < 4.78 is 0. The van der Waals surface area contributed by atoms with Crippen molar-refractivity contribution in [2.24, 2.45) is 5.92 Å². The summed E-state index contributed by atoms with van der Waals surface area (Å²) in [5, 5.41) is 15.8. The molecule has 0 saturated carbocycles. The van der Waals surface area contributed by atoms with Crippen LogP contribution >= 0.6 is 0 Å². The predicted octanol–water partition coefficient (Wildman–Crippen LogP) is 2.04. The molecular formula is C8H15NO2. The zero-order valence-electron chi connectivity index (χ0n) is 7.29. The fourth-order valence-electron chi connectivity index (χ4n) is 0.0552. The first-order valence-electron chi connectivity index (χ1n) is 3.72. The molecule has 11 heavy (non-hydrogen) atoms. The number of hydrogen-bond donors (Lipinski definition) is 1. The molecule has 0 aliphatic carbocycles. The molecule has 0 aliphatic heterocycles. The number of nitriles is 1. The van der Waals surface area contributed by atoms with Crippen molar-refractivity contribution in [2.45, 2.75) is 33.6 Å². The predicted molar refractivity (Wildman–Crippen MR) is 43.0 cm³/mol. The smallest absolute Gasteiger partial charge is 0.320 e. The van der Waals surface area contributed by atoms with Crippen molar-refractivity contribution in [1.82, 2.24) is 0 Å². The van der Waals surface area contributed by atoms with Crippen LogP contribution in [0.1, 0.15) is 33.6 Å². The number of unbranched alkanes of at least 4 members (excludes halogenated alkanes) is 1. The lowest BCUT2D eigenvalue weighted by atomic mass is 10.2. The molecule has 0 bridgehead atoms. The van der Waals surface area contributed by atoms with Crippen LogP contribution in [-0.4, -0.2) is 11.1 Å². The minimum absolute atomic E-state index is 0.875. The zero-order valence-corrected chi connectivity index (χ0v) is 7.29. The van der Waals surface area contributed by atoms with Gasteiger partial charge < -0.3 is 5.11 Å². The molecule has 1 N–H and O–H groups in total. The number of carboxylic acids is 1. The Bertz CT molecular complexity index is 136. The van der Waals surface area contributed by atoms with Gasteiger partial charge >= 0.3 is 5.97 Å². The van der Waals surface area contributed by atoms with Crippen LogP contribution in [0.4, 0.5) is 0 Å². The highest BCUT2D eigenvalue weighted by atomic mass is 16.4. The maximum Gasteiger partial charge on any atom is 0.320 e. The number of aliphatic carboxylic acids is 1. The highest BCUT2D eigenvalue weighted by Gasteiger charge is 2.06. The molecule has 1 unspecified atom stereocenters. The van der Waals surface area contributed by atoms with Gasteiger partial charge in [-0.3, -0.25) is 4.79 Å². The van der Waals surface area contributed by atoms with E-state index in [0.717, 1.165) is 0 Å². The van der Waals surface area contributed by atoms with E-state index in [1.165, 1.54) is 19.8 Å². The fourth-order valence-corrected chi connectivity index (χ4v) is 0.0552. The summed E-state index contributed by atoms with van der Waals surface area (Å²) in [6, 6.07) is 1.56. The number of nitrogens with zero attached hydrogens (tertiary/aromatic N) is 1. The second-order valence-corrected chi connectivity index (χ2v) is 2.19. The maximum absolute atomic E-state index is 9.71. The molecule has 0 fully saturated rings. The van der Waals surface area contributed by atoms with Gasteiger partial charge in [0.05, 0.1) is 6.07 Å². The van der Waals surface area contributed by atoms with Crippen LogP contribution in [-0.2, 0) is 4.79 Å². The molecule has 0 aromatic rings. The number of carbonyl (C=O) groups is 1. The largest absolute Gasteiger partial charge is 0.480 e. The van der Waals surface area contributed by atoms with Crippen molar-refractivity contribution in [2.75, 3.05) is 0 Å². The average Bonchev–Trinajstić information content (AvgIpc) is 2.03. The lowest BCUT2D eigenvalue weighted by Crippen LogP contribution is -2.05. The van der Waals surface area contributed by atoms with E-state index in [-0.39, 0.29) is 0 Å². The molecule has 0 aromatic carbocycles. The Labute approximate surface area is 67.6 Å². The van der Waals surface area contributed by atoms with E-state index in [1.54, 1.807) is 6.07 Å². The SMILES string of the molecule is CC(C#N)C(=O)O.CCCC. The number of hydrogen-bond acceptors (Lipinski definition) is 2. The molecule has 64 valence electrons. The van der Waals surface area contributed by atoms with E-state index in [1.807, 2.05) is 0 Å². The molecule has 0 spiro atoms. The van der Waals surface area contributed by atoms with E-state index in [0.29, 0.717) is 0 Å². The lowest BCUT2D eigenvalue weighted by molar-refractivity contribution is -0.139. The van der Waals surface area contributed by atoms with Crippen LogP contribution in [0.15, 0.2) is 0 Å². The van der Waals surface area contributed by atoms with Crippen molar-refractivity contribution < 1.29 is 9.90 Å². The molecule has 0 aromatic heterocycles. The van der Waals surface area contributed by atoms with Gasteiger partial charge in [-0.25, -0.2) is 0 Å². The average molecular weight is 157 g/mol. The monoisotopic (exact) mass is 157 g/mol.